The number of rotatable bonds is 4. The highest BCUT2D eigenvalue weighted by atomic mass is 16.4. The van der Waals surface area contributed by atoms with Crippen molar-refractivity contribution < 1.29 is 4.42 Å². The molecular weight excluding hydrogens is 342 g/mol. The normalized spacial score (nSPS) is 11.1. The van der Waals surface area contributed by atoms with Crippen LogP contribution in [0.3, 0.4) is 0 Å². The Morgan fingerprint density at radius 3 is 2.70 bits per heavy atom. The van der Waals surface area contributed by atoms with E-state index in [1.165, 1.54) is 4.80 Å². The van der Waals surface area contributed by atoms with E-state index in [0.29, 0.717) is 17.6 Å². The van der Waals surface area contributed by atoms with Crippen molar-refractivity contribution in [2.24, 2.45) is 0 Å². The monoisotopic (exact) mass is 355 g/mol. The van der Waals surface area contributed by atoms with Gasteiger partial charge in [-0.25, -0.2) is 0 Å². The summed E-state index contributed by atoms with van der Waals surface area (Å²) in [5, 5.41) is 21.7. The second-order valence-corrected chi connectivity index (χ2v) is 5.89. The molecule has 8 heteroatoms. The van der Waals surface area contributed by atoms with Gasteiger partial charge in [0, 0.05) is 22.7 Å². The number of tetrazole rings is 1. The number of hydrogen-bond acceptors (Lipinski definition) is 7. The molecule has 2 aromatic carbocycles. The highest BCUT2D eigenvalue weighted by molar-refractivity contribution is 5.92. The SMILES string of the molecule is c1ccc(-c2nnn(Cc3nnc(-c4cccc5ncccc45)o3)n2)cc1. The van der Waals surface area contributed by atoms with Crippen LogP contribution in [-0.4, -0.2) is 35.4 Å². The summed E-state index contributed by atoms with van der Waals surface area (Å²) in [6.07, 6.45) is 1.76. The molecule has 130 valence electrons. The average molecular weight is 355 g/mol. The molecule has 0 aliphatic rings. The summed E-state index contributed by atoms with van der Waals surface area (Å²) in [6.45, 7) is 0.246. The highest BCUT2D eigenvalue weighted by Crippen LogP contribution is 2.26. The zero-order valence-corrected chi connectivity index (χ0v) is 14.1. The topological polar surface area (TPSA) is 95.4 Å². The van der Waals surface area contributed by atoms with Gasteiger partial charge in [-0.1, -0.05) is 42.5 Å². The number of benzene rings is 2. The maximum Gasteiger partial charge on any atom is 0.248 e. The summed E-state index contributed by atoms with van der Waals surface area (Å²) in [4.78, 5) is 5.79. The molecule has 0 aliphatic carbocycles. The van der Waals surface area contributed by atoms with Crippen molar-refractivity contribution in [3.63, 3.8) is 0 Å². The zero-order chi connectivity index (χ0) is 18.1. The van der Waals surface area contributed by atoms with Crippen LogP contribution < -0.4 is 0 Å². The minimum Gasteiger partial charge on any atom is -0.419 e. The van der Waals surface area contributed by atoms with E-state index in [9.17, 15) is 0 Å². The Morgan fingerprint density at radius 1 is 0.852 bits per heavy atom. The van der Waals surface area contributed by atoms with Crippen molar-refractivity contribution >= 4 is 10.9 Å². The van der Waals surface area contributed by atoms with Gasteiger partial charge >= 0.3 is 0 Å². The van der Waals surface area contributed by atoms with E-state index in [0.717, 1.165) is 22.0 Å². The van der Waals surface area contributed by atoms with Gasteiger partial charge in [0.05, 0.1) is 5.52 Å². The molecule has 0 saturated carbocycles. The molecule has 0 radical (unpaired) electrons. The second-order valence-electron chi connectivity index (χ2n) is 5.89. The van der Waals surface area contributed by atoms with Crippen LogP contribution in [0.2, 0.25) is 0 Å². The fourth-order valence-electron chi connectivity index (χ4n) is 2.85. The van der Waals surface area contributed by atoms with Crippen molar-refractivity contribution in [2.75, 3.05) is 0 Å². The van der Waals surface area contributed by atoms with Crippen LogP contribution >= 0.6 is 0 Å². The maximum absolute atomic E-state index is 5.82. The Balaban J connectivity index is 1.42. The first-order valence-electron chi connectivity index (χ1n) is 8.36. The van der Waals surface area contributed by atoms with E-state index in [-0.39, 0.29) is 6.54 Å². The molecule has 0 fully saturated rings. The molecule has 27 heavy (non-hydrogen) atoms. The summed E-state index contributed by atoms with van der Waals surface area (Å²) < 4.78 is 5.82. The first-order valence-corrected chi connectivity index (χ1v) is 8.36. The predicted octanol–water partition coefficient (Wildman–Crippen LogP) is 2.99. The molecule has 0 N–H and O–H groups in total. The van der Waals surface area contributed by atoms with E-state index in [4.69, 9.17) is 4.42 Å². The lowest BCUT2D eigenvalue weighted by molar-refractivity contribution is 0.447. The third-order valence-electron chi connectivity index (χ3n) is 4.10. The molecule has 5 aromatic rings. The van der Waals surface area contributed by atoms with Gasteiger partial charge in [-0.3, -0.25) is 4.98 Å². The van der Waals surface area contributed by atoms with Gasteiger partial charge in [0.1, 0.15) is 6.54 Å². The quantitative estimate of drug-likeness (QED) is 0.489. The van der Waals surface area contributed by atoms with Crippen LogP contribution in [0, 0.1) is 0 Å². The first-order chi connectivity index (χ1) is 13.4. The van der Waals surface area contributed by atoms with Gasteiger partial charge < -0.3 is 4.42 Å². The number of fused-ring (bicyclic) bond motifs is 1. The third kappa shape index (κ3) is 2.93. The Hall–Kier alpha value is -3.94. The number of hydrogen-bond donors (Lipinski definition) is 0. The van der Waals surface area contributed by atoms with Crippen molar-refractivity contribution in [3.8, 4) is 22.8 Å². The van der Waals surface area contributed by atoms with Gasteiger partial charge in [0.15, 0.2) is 0 Å². The van der Waals surface area contributed by atoms with Gasteiger partial charge in [0.25, 0.3) is 0 Å². The Kier molecular flexibility index (Phi) is 3.64. The van der Waals surface area contributed by atoms with E-state index in [1.807, 2.05) is 60.7 Å². The highest BCUT2D eigenvalue weighted by Gasteiger charge is 2.14. The molecule has 0 aliphatic heterocycles. The van der Waals surface area contributed by atoms with Crippen molar-refractivity contribution in [3.05, 3.63) is 72.8 Å². The Labute approximate surface area is 153 Å². The summed E-state index contributed by atoms with van der Waals surface area (Å²) in [6, 6.07) is 19.3. The maximum atomic E-state index is 5.82. The third-order valence-corrected chi connectivity index (χ3v) is 4.10. The van der Waals surface area contributed by atoms with Crippen molar-refractivity contribution in [2.45, 2.75) is 6.54 Å². The fraction of sp³-hybridized carbons (Fsp3) is 0.0526. The fourth-order valence-corrected chi connectivity index (χ4v) is 2.85. The molecule has 8 nitrogen and oxygen atoms in total. The largest absolute Gasteiger partial charge is 0.419 e. The van der Waals surface area contributed by atoms with Crippen LogP contribution in [0.5, 0.6) is 0 Å². The van der Waals surface area contributed by atoms with Crippen LogP contribution in [0.25, 0.3) is 33.7 Å². The van der Waals surface area contributed by atoms with E-state index in [2.05, 4.69) is 30.6 Å². The van der Waals surface area contributed by atoms with Gasteiger partial charge in [-0.05, 0) is 23.4 Å². The molecule has 0 spiro atoms. The molecule has 3 aromatic heterocycles. The van der Waals surface area contributed by atoms with E-state index >= 15 is 0 Å². The zero-order valence-electron chi connectivity index (χ0n) is 14.1. The smallest absolute Gasteiger partial charge is 0.248 e. The molecule has 0 atom stereocenters. The average Bonchev–Trinajstić information content (AvgIpc) is 3.38. The molecule has 0 saturated heterocycles. The standard InChI is InChI=1S/C19H13N7O/c1-2-6-13(7-3-1)18-22-25-26(24-18)12-17-21-23-19(27-17)15-8-4-10-16-14(15)9-5-11-20-16/h1-11H,12H2. The van der Waals surface area contributed by atoms with Gasteiger partial charge in [-0.2, -0.15) is 4.80 Å². The minimum absolute atomic E-state index is 0.246. The van der Waals surface area contributed by atoms with Gasteiger partial charge in [0.2, 0.25) is 17.6 Å². The number of aromatic nitrogens is 7. The summed E-state index contributed by atoms with van der Waals surface area (Å²) in [7, 11) is 0. The Bertz CT molecular complexity index is 1210. The molecule has 0 amide bonds. The van der Waals surface area contributed by atoms with Gasteiger partial charge in [-0.15, -0.1) is 20.4 Å². The van der Waals surface area contributed by atoms with E-state index < -0.39 is 0 Å². The molecule has 5 rings (SSSR count). The minimum atomic E-state index is 0.246. The molecular formula is C19H13N7O. The first kappa shape index (κ1) is 15.3. The molecule has 3 heterocycles. The lowest BCUT2D eigenvalue weighted by Crippen LogP contribution is -2.04. The van der Waals surface area contributed by atoms with Crippen molar-refractivity contribution in [1.29, 1.82) is 0 Å². The Morgan fingerprint density at radius 2 is 1.78 bits per heavy atom. The summed E-state index contributed by atoms with van der Waals surface area (Å²) in [5.41, 5.74) is 2.62. The van der Waals surface area contributed by atoms with Crippen molar-refractivity contribution in [1.82, 2.24) is 35.4 Å². The summed E-state index contributed by atoms with van der Waals surface area (Å²) >= 11 is 0. The number of nitrogens with zero attached hydrogens (tertiary/aromatic N) is 7. The van der Waals surface area contributed by atoms with E-state index in [1.54, 1.807) is 6.20 Å². The number of pyridine rings is 1. The lowest BCUT2D eigenvalue weighted by atomic mass is 10.1. The summed E-state index contributed by atoms with van der Waals surface area (Å²) in [5.74, 6) is 1.39. The molecule has 0 bridgehead atoms. The second kappa shape index (κ2) is 6.41. The van der Waals surface area contributed by atoms with Crippen LogP contribution in [0.4, 0.5) is 0 Å². The molecule has 0 unspecified atom stereocenters. The van der Waals surface area contributed by atoms with Crippen LogP contribution in [0.15, 0.2) is 71.3 Å². The lowest BCUT2D eigenvalue weighted by Gasteiger charge is -2.00. The van der Waals surface area contributed by atoms with Crippen LogP contribution in [0.1, 0.15) is 5.89 Å². The van der Waals surface area contributed by atoms with Crippen LogP contribution in [-0.2, 0) is 6.54 Å². The predicted molar refractivity (Wildman–Crippen MR) is 97.4 cm³/mol.